The Morgan fingerprint density at radius 1 is 0.912 bits per heavy atom. The fourth-order valence-corrected chi connectivity index (χ4v) is 10.5. The van der Waals surface area contributed by atoms with Gasteiger partial charge in [0.25, 0.3) is 0 Å². The summed E-state index contributed by atoms with van der Waals surface area (Å²) < 4.78 is 19.7. The Kier molecular flexibility index (Phi) is 19.5. The van der Waals surface area contributed by atoms with Gasteiger partial charge in [0, 0.05) is 38.0 Å². The molecule has 0 aliphatic carbocycles. The van der Waals surface area contributed by atoms with Gasteiger partial charge in [0.15, 0.2) is 0 Å². The fraction of sp³-hybridized carbons (Fsp3) is 0.911. The predicted molar refractivity (Wildman–Crippen MR) is 226 cm³/mol. The van der Waals surface area contributed by atoms with E-state index in [0.717, 1.165) is 89.9 Å². The van der Waals surface area contributed by atoms with Crippen LogP contribution in [0.25, 0.3) is 0 Å². The zero-order chi connectivity index (χ0) is 40.5. The van der Waals surface area contributed by atoms with Crippen molar-refractivity contribution in [3.05, 3.63) is 12.2 Å². The number of hydrogen-bond acceptors (Lipinski definition) is 11. The molecular formula is C45H82N6O6. The highest BCUT2D eigenvalue weighted by Crippen LogP contribution is 2.49. The molecule has 7 N–H and O–H groups in total. The lowest BCUT2D eigenvalue weighted by Crippen LogP contribution is -2.81. The zero-order valence-electron chi connectivity index (χ0n) is 35.9. The molecule has 57 heavy (non-hydrogen) atoms. The van der Waals surface area contributed by atoms with Gasteiger partial charge in [0.05, 0.1) is 24.9 Å². The largest absolute Gasteiger partial charge is 0.465 e. The number of carbonyl (C=O) groups excluding carboxylic acids is 2. The Morgan fingerprint density at radius 3 is 2.28 bits per heavy atom. The minimum atomic E-state index is -0.724. The number of hydrogen-bond donors (Lipinski definition) is 5. The fourth-order valence-electron chi connectivity index (χ4n) is 10.5. The summed E-state index contributed by atoms with van der Waals surface area (Å²) in [5.74, 6) is -0.302. The maximum absolute atomic E-state index is 14.1. The average molecular weight is 803 g/mol. The van der Waals surface area contributed by atoms with Crippen LogP contribution in [0, 0.1) is 5.92 Å². The average Bonchev–Trinajstić information content (AvgIpc) is 3.49. The summed E-state index contributed by atoms with van der Waals surface area (Å²) in [6.45, 7) is 6.75. The van der Waals surface area contributed by atoms with Crippen LogP contribution < -0.4 is 22.1 Å². The number of amides is 1. The summed E-state index contributed by atoms with van der Waals surface area (Å²) in [6, 6.07) is 0.465. The van der Waals surface area contributed by atoms with E-state index in [2.05, 4.69) is 41.5 Å². The Balaban J connectivity index is 0.931. The van der Waals surface area contributed by atoms with Crippen LogP contribution in [0.4, 0.5) is 0 Å². The van der Waals surface area contributed by atoms with Gasteiger partial charge in [-0.2, -0.15) is 0 Å². The first-order chi connectivity index (χ1) is 27.7. The number of unbranched alkanes of at least 4 members (excludes halogenated alkanes) is 12. The molecule has 0 bridgehead atoms. The minimum absolute atomic E-state index is 0.0878. The molecule has 1 amide bonds. The molecule has 12 nitrogen and oxygen atoms in total. The van der Waals surface area contributed by atoms with Gasteiger partial charge < -0.3 is 35.7 Å². The molecule has 9 atom stereocenters. The molecule has 4 fully saturated rings. The molecule has 0 aromatic rings. The van der Waals surface area contributed by atoms with Gasteiger partial charge >= 0.3 is 5.97 Å². The highest BCUT2D eigenvalue weighted by atomic mass is 16.6. The van der Waals surface area contributed by atoms with Crippen LogP contribution in [0.15, 0.2) is 12.2 Å². The lowest BCUT2D eigenvalue weighted by atomic mass is 9.79. The van der Waals surface area contributed by atoms with E-state index in [1.807, 2.05) is 0 Å². The SMILES string of the molecule is CC[C@H]1C=CCC[C@@]2(C[C@@H]3CC[C@H]4[C@@H](C(=O)OCCCCCCCCCCCCCCCC(=O)N(CCCN)CC(O)CCN)[C@@]5(CCC[C@@H](C)O5)NC(N2)N34)O1. The normalized spacial score (nSPS) is 31.7. The third-order valence-corrected chi connectivity index (χ3v) is 13.5. The van der Waals surface area contributed by atoms with Crippen molar-refractivity contribution in [3.63, 3.8) is 0 Å². The number of rotatable bonds is 25. The van der Waals surface area contributed by atoms with Crippen molar-refractivity contribution >= 4 is 11.9 Å². The number of ether oxygens (including phenoxy) is 3. The summed E-state index contributed by atoms with van der Waals surface area (Å²) >= 11 is 0. The monoisotopic (exact) mass is 803 g/mol. The number of aliphatic hydroxyl groups is 1. The quantitative estimate of drug-likeness (QED) is 0.0398. The van der Waals surface area contributed by atoms with Crippen molar-refractivity contribution in [2.24, 2.45) is 17.4 Å². The van der Waals surface area contributed by atoms with Gasteiger partial charge in [-0.3, -0.25) is 25.1 Å². The highest BCUT2D eigenvalue weighted by Gasteiger charge is 2.63. The number of nitrogens with zero attached hydrogens (tertiary/aromatic N) is 2. The zero-order valence-corrected chi connectivity index (χ0v) is 35.9. The Bertz CT molecular complexity index is 1230. The third-order valence-electron chi connectivity index (χ3n) is 13.5. The van der Waals surface area contributed by atoms with E-state index < -0.39 is 11.8 Å². The topological polar surface area (TPSA) is 165 Å². The second kappa shape index (κ2) is 24.0. The van der Waals surface area contributed by atoms with Crippen molar-refractivity contribution in [2.45, 2.75) is 223 Å². The van der Waals surface area contributed by atoms with E-state index in [0.29, 0.717) is 51.7 Å². The van der Waals surface area contributed by atoms with E-state index in [4.69, 9.17) is 25.7 Å². The smallest absolute Gasteiger partial charge is 0.314 e. The molecule has 0 aromatic heterocycles. The molecule has 0 radical (unpaired) electrons. The molecular weight excluding hydrogens is 721 g/mol. The highest BCUT2D eigenvalue weighted by molar-refractivity contribution is 5.76. The minimum Gasteiger partial charge on any atom is -0.465 e. The summed E-state index contributed by atoms with van der Waals surface area (Å²) in [5, 5.41) is 18.0. The number of nitrogens with one attached hydrogen (secondary N) is 2. The standard InChI is InChI=1S/C45H82N6O6/c1-3-38-22-16-17-27-44(57-38)33-36-24-25-39-41(45(28-19-21-35(2)56-45)49-43(48-44)51(36)39)42(54)55-32-18-14-12-10-8-6-4-5-7-9-11-13-15-23-40(53)50(31-20-29-46)34-37(52)26-30-47/h16,22,35-39,41,43,48-49,52H,3-15,17-21,23-34,46-47H2,1-2H3/t35-,36+,37?,38+,39+,41+,43?,44+,45+/m1/s1. The van der Waals surface area contributed by atoms with Gasteiger partial charge in [-0.05, 0) is 97.1 Å². The molecule has 0 saturated carbocycles. The molecule has 2 unspecified atom stereocenters. The van der Waals surface area contributed by atoms with Gasteiger partial charge in [-0.25, -0.2) is 0 Å². The third kappa shape index (κ3) is 13.4. The van der Waals surface area contributed by atoms with E-state index in [1.165, 1.54) is 57.8 Å². The van der Waals surface area contributed by atoms with Crippen molar-refractivity contribution in [3.8, 4) is 0 Å². The van der Waals surface area contributed by atoms with Crippen molar-refractivity contribution in [2.75, 3.05) is 32.8 Å². The van der Waals surface area contributed by atoms with E-state index in [-0.39, 0.29) is 48.1 Å². The van der Waals surface area contributed by atoms with Crippen molar-refractivity contribution in [1.82, 2.24) is 20.4 Å². The molecule has 2 spiro atoms. The second-order valence-corrected chi connectivity index (χ2v) is 18.1. The molecule has 4 saturated heterocycles. The predicted octanol–water partition coefficient (Wildman–Crippen LogP) is 6.33. The number of esters is 1. The molecule has 328 valence electrons. The lowest BCUT2D eigenvalue weighted by molar-refractivity contribution is -0.255. The second-order valence-electron chi connectivity index (χ2n) is 18.1. The van der Waals surface area contributed by atoms with Crippen molar-refractivity contribution in [1.29, 1.82) is 0 Å². The number of carbonyl (C=O) groups is 2. The first-order valence-electron chi connectivity index (χ1n) is 23.6. The van der Waals surface area contributed by atoms with Gasteiger partial charge in [-0.15, -0.1) is 0 Å². The van der Waals surface area contributed by atoms with Gasteiger partial charge in [-0.1, -0.05) is 89.7 Å². The summed E-state index contributed by atoms with van der Waals surface area (Å²) in [4.78, 5) is 31.1. The van der Waals surface area contributed by atoms with Crippen molar-refractivity contribution < 1.29 is 28.9 Å². The first kappa shape index (κ1) is 46.4. The van der Waals surface area contributed by atoms with Crippen LogP contribution in [0.5, 0.6) is 0 Å². The van der Waals surface area contributed by atoms with Crippen LogP contribution in [-0.4, -0.2) is 108 Å². The maximum Gasteiger partial charge on any atom is 0.314 e. The summed E-state index contributed by atoms with van der Waals surface area (Å²) in [6.07, 6.45) is 29.9. The summed E-state index contributed by atoms with van der Waals surface area (Å²) in [5.41, 5.74) is 10.1. The molecule has 5 heterocycles. The number of aliphatic hydroxyl groups excluding tert-OH is 1. The van der Waals surface area contributed by atoms with Crippen LogP contribution in [0.2, 0.25) is 0 Å². The van der Waals surface area contributed by atoms with Crippen LogP contribution in [0.3, 0.4) is 0 Å². The maximum atomic E-state index is 14.1. The van der Waals surface area contributed by atoms with E-state index in [1.54, 1.807) is 4.90 Å². The van der Waals surface area contributed by atoms with E-state index >= 15 is 0 Å². The van der Waals surface area contributed by atoms with Crippen LogP contribution in [-0.2, 0) is 23.8 Å². The molecule has 5 aliphatic heterocycles. The van der Waals surface area contributed by atoms with Gasteiger partial charge in [0.2, 0.25) is 5.91 Å². The van der Waals surface area contributed by atoms with Crippen LogP contribution in [0.1, 0.15) is 174 Å². The Morgan fingerprint density at radius 2 is 1.61 bits per heavy atom. The van der Waals surface area contributed by atoms with E-state index in [9.17, 15) is 14.7 Å². The molecule has 12 heteroatoms. The Labute approximate surface area is 345 Å². The summed E-state index contributed by atoms with van der Waals surface area (Å²) in [7, 11) is 0. The Hall–Kier alpha value is -1.64. The van der Waals surface area contributed by atoms with Crippen LogP contribution >= 0.6 is 0 Å². The molecule has 0 aromatic carbocycles. The molecule has 5 aliphatic rings. The number of nitrogens with two attached hydrogens (primary N) is 2. The first-order valence-corrected chi connectivity index (χ1v) is 23.6. The lowest BCUT2D eigenvalue weighted by Gasteiger charge is -2.60. The van der Waals surface area contributed by atoms with Gasteiger partial charge in [0.1, 0.15) is 23.7 Å². The molecule has 5 rings (SSSR count). The number of allylic oxidation sites excluding steroid dienone is 1.